The van der Waals surface area contributed by atoms with Crippen LogP contribution in [0.1, 0.15) is 43.2 Å². The summed E-state index contributed by atoms with van der Waals surface area (Å²) in [6.07, 6.45) is 1.73. The molecule has 24 heavy (non-hydrogen) atoms. The van der Waals surface area contributed by atoms with Crippen LogP contribution >= 0.6 is 0 Å². The number of carbonyl (C=O) groups is 2. The van der Waals surface area contributed by atoms with E-state index >= 15 is 0 Å². The number of nitrogens with zero attached hydrogens (tertiary/aromatic N) is 2. The van der Waals surface area contributed by atoms with Crippen LogP contribution in [0.3, 0.4) is 0 Å². The van der Waals surface area contributed by atoms with E-state index in [1.165, 1.54) is 0 Å². The molecule has 0 aliphatic heterocycles. The van der Waals surface area contributed by atoms with Gasteiger partial charge in [0.2, 0.25) is 0 Å². The quantitative estimate of drug-likeness (QED) is 0.853. The van der Waals surface area contributed by atoms with E-state index in [2.05, 4.69) is 10.4 Å². The van der Waals surface area contributed by atoms with E-state index in [0.29, 0.717) is 5.56 Å². The number of aliphatic carboxylic acids is 1. The summed E-state index contributed by atoms with van der Waals surface area (Å²) in [6, 6.07) is 8.95. The van der Waals surface area contributed by atoms with Gasteiger partial charge < -0.3 is 10.4 Å². The lowest BCUT2D eigenvalue weighted by atomic mass is 9.85. The summed E-state index contributed by atoms with van der Waals surface area (Å²) >= 11 is 0. The molecule has 2 N–H and O–H groups in total. The SMILES string of the molecule is Cc1ccn(-c2ccc(C(=O)NC(C)(CC(=O)O)C(C)C)cc2)n1. The number of nitrogens with one attached hydrogen (secondary N) is 1. The average molecular weight is 329 g/mol. The molecule has 0 aliphatic carbocycles. The summed E-state index contributed by atoms with van der Waals surface area (Å²) in [6.45, 7) is 7.46. The van der Waals surface area contributed by atoms with Crippen molar-refractivity contribution in [2.24, 2.45) is 5.92 Å². The fraction of sp³-hybridized carbons (Fsp3) is 0.389. The number of carboxylic acids is 1. The van der Waals surface area contributed by atoms with E-state index in [1.807, 2.05) is 45.2 Å². The van der Waals surface area contributed by atoms with Crippen molar-refractivity contribution >= 4 is 11.9 Å². The van der Waals surface area contributed by atoms with Crippen LogP contribution in [0.5, 0.6) is 0 Å². The van der Waals surface area contributed by atoms with Crippen LogP contribution in [-0.2, 0) is 4.79 Å². The number of aromatic nitrogens is 2. The van der Waals surface area contributed by atoms with Gasteiger partial charge in [-0.25, -0.2) is 4.68 Å². The minimum atomic E-state index is -0.934. The molecule has 6 heteroatoms. The van der Waals surface area contributed by atoms with Crippen molar-refractivity contribution in [1.82, 2.24) is 15.1 Å². The lowest BCUT2D eigenvalue weighted by Gasteiger charge is -2.33. The first-order valence-electron chi connectivity index (χ1n) is 7.88. The molecule has 0 aliphatic rings. The van der Waals surface area contributed by atoms with Gasteiger partial charge in [-0.15, -0.1) is 0 Å². The molecule has 1 atom stereocenters. The Kier molecular flexibility index (Phi) is 5.07. The Morgan fingerprint density at radius 2 is 1.88 bits per heavy atom. The zero-order valence-corrected chi connectivity index (χ0v) is 14.4. The Bertz CT molecular complexity index is 734. The normalized spacial score (nSPS) is 13.5. The van der Waals surface area contributed by atoms with Crippen molar-refractivity contribution in [2.75, 3.05) is 0 Å². The molecule has 1 aromatic carbocycles. The van der Waals surface area contributed by atoms with Crippen molar-refractivity contribution in [3.8, 4) is 5.69 Å². The van der Waals surface area contributed by atoms with Crippen LogP contribution in [0.25, 0.3) is 5.69 Å². The highest BCUT2D eigenvalue weighted by Crippen LogP contribution is 2.22. The molecule has 0 radical (unpaired) electrons. The van der Waals surface area contributed by atoms with E-state index in [-0.39, 0.29) is 18.2 Å². The number of hydrogen-bond acceptors (Lipinski definition) is 3. The third-order valence-corrected chi connectivity index (χ3v) is 4.31. The van der Waals surface area contributed by atoms with Crippen molar-refractivity contribution in [2.45, 2.75) is 39.7 Å². The van der Waals surface area contributed by atoms with Gasteiger partial charge in [-0.2, -0.15) is 5.10 Å². The minimum Gasteiger partial charge on any atom is -0.481 e. The Morgan fingerprint density at radius 3 is 2.33 bits per heavy atom. The van der Waals surface area contributed by atoms with Gasteiger partial charge in [-0.05, 0) is 50.1 Å². The second-order valence-corrected chi connectivity index (χ2v) is 6.55. The number of rotatable bonds is 6. The third-order valence-electron chi connectivity index (χ3n) is 4.31. The highest BCUT2D eigenvalue weighted by molar-refractivity contribution is 5.95. The van der Waals surface area contributed by atoms with Crippen LogP contribution in [0.4, 0.5) is 0 Å². The molecule has 2 aromatic rings. The fourth-order valence-electron chi connectivity index (χ4n) is 2.36. The zero-order valence-electron chi connectivity index (χ0n) is 14.4. The lowest BCUT2D eigenvalue weighted by Crippen LogP contribution is -2.51. The van der Waals surface area contributed by atoms with Crippen molar-refractivity contribution in [3.63, 3.8) is 0 Å². The average Bonchev–Trinajstić information content (AvgIpc) is 2.93. The van der Waals surface area contributed by atoms with Crippen LogP contribution < -0.4 is 5.32 Å². The van der Waals surface area contributed by atoms with Gasteiger partial charge in [0.1, 0.15) is 0 Å². The predicted molar refractivity (Wildman–Crippen MR) is 91.3 cm³/mol. The molecule has 2 rings (SSSR count). The van der Waals surface area contributed by atoms with E-state index < -0.39 is 11.5 Å². The molecule has 0 spiro atoms. The van der Waals surface area contributed by atoms with E-state index in [1.54, 1.807) is 23.7 Å². The van der Waals surface area contributed by atoms with E-state index in [4.69, 9.17) is 5.11 Å². The number of aryl methyl sites for hydroxylation is 1. The van der Waals surface area contributed by atoms with Gasteiger partial charge in [0.15, 0.2) is 0 Å². The molecule has 6 nitrogen and oxygen atoms in total. The summed E-state index contributed by atoms with van der Waals surface area (Å²) in [5.74, 6) is -1.23. The number of carbonyl (C=O) groups excluding carboxylic acids is 1. The monoisotopic (exact) mass is 329 g/mol. The molecular formula is C18H23N3O3. The largest absolute Gasteiger partial charge is 0.481 e. The van der Waals surface area contributed by atoms with Crippen LogP contribution in [0, 0.1) is 12.8 Å². The molecule has 128 valence electrons. The topological polar surface area (TPSA) is 84.2 Å². The highest BCUT2D eigenvalue weighted by Gasteiger charge is 2.33. The molecule has 1 aromatic heterocycles. The standard InChI is InChI=1S/C18H23N3O3/c1-12(2)18(4,11-16(22)23)19-17(24)14-5-7-15(8-6-14)21-10-9-13(3)20-21/h5-10,12H,11H2,1-4H3,(H,19,24)(H,22,23). The Morgan fingerprint density at radius 1 is 1.25 bits per heavy atom. The van der Waals surface area contributed by atoms with E-state index in [0.717, 1.165) is 11.4 Å². The summed E-state index contributed by atoms with van der Waals surface area (Å²) in [7, 11) is 0. The van der Waals surface area contributed by atoms with Gasteiger partial charge in [-0.3, -0.25) is 9.59 Å². The summed E-state index contributed by atoms with van der Waals surface area (Å²) in [5, 5.41) is 16.3. The maximum atomic E-state index is 12.5. The van der Waals surface area contributed by atoms with Gasteiger partial charge in [0, 0.05) is 11.8 Å². The molecule has 1 heterocycles. The Labute approximate surface area is 141 Å². The molecule has 0 bridgehead atoms. The highest BCUT2D eigenvalue weighted by atomic mass is 16.4. The minimum absolute atomic E-state index is 0.0103. The summed E-state index contributed by atoms with van der Waals surface area (Å²) < 4.78 is 1.74. The fourth-order valence-corrected chi connectivity index (χ4v) is 2.36. The lowest BCUT2D eigenvalue weighted by molar-refractivity contribution is -0.138. The van der Waals surface area contributed by atoms with Gasteiger partial charge in [-0.1, -0.05) is 13.8 Å². The second-order valence-electron chi connectivity index (χ2n) is 6.55. The molecule has 0 fully saturated rings. The maximum absolute atomic E-state index is 12.5. The van der Waals surface area contributed by atoms with Gasteiger partial charge in [0.25, 0.3) is 5.91 Å². The first-order chi connectivity index (χ1) is 11.2. The molecule has 1 amide bonds. The predicted octanol–water partition coefficient (Wildman–Crippen LogP) is 2.80. The first kappa shape index (κ1) is 17.7. The van der Waals surface area contributed by atoms with Gasteiger partial charge in [0.05, 0.1) is 23.3 Å². The zero-order chi connectivity index (χ0) is 17.9. The van der Waals surface area contributed by atoms with Crippen molar-refractivity contribution < 1.29 is 14.7 Å². The number of hydrogen-bond donors (Lipinski definition) is 2. The number of benzene rings is 1. The summed E-state index contributed by atoms with van der Waals surface area (Å²) in [5.41, 5.74) is 1.45. The van der Waals surface area contributed by atoms with Crippen molar-refractivity contribution in [1.29, 1.82) is 0 Å². The maximum Gasteiger partial charge on any atom is 0.305 e. The number of amides is 1. The molecule has 0 saturated carbocycles. The smallest absolute Gasteiger partial charge is 0.305 e. The van der Waals surface area contributed by atoms with Crippen LogP contribution in [0.15, 0.2) is 36.5 Å². The van der Waals surface area contributed by atoms with E-state index in [9.17, 15) is 9.59 Å². The Hall–Kier alpha value is -2.63. The second kappa shape index (κ2) is 6.86. The van der Waals surface area contributed by atoms with Gasteiger partial charge >= 0.3 is 5.97 Å². The van der Waals surface area contributed by atoms with Crippen molar-refractivity contribution in [3.05, 3.63) is 47.8 Å². The molecule has 0 saturated heterocycles. The Balaban J connectivity index is 2.16. The molecular weight excluding hydrogens is 306 g/mol. The summed E-state index contributed by atoms with van der Waals surface area (Å²) in [4.78, 5) is 23.6. The van der Waals surface area contributed by atoms with Crippen LogP contribution in [-0.4, -0.2) is 32.3 Å². The molecule has 1 unspecified atom stereocenters. The van der Waals surface area contributed by atoms with Crippen LogP contribution in [0.2, 0.25) is 0 Å². The first-order valence-corrected chi connectivity index (χ1v) is 7.88. The number of carboxylic acid groups (broad SMARTS) is 1. The third kappa shape index (κ3) is 4.01.